The Morgan fingerprint density at radius 1 is 1.27 bits per heavy atom. The molecule has 10 nitrogen and oxygen atoms in total. The third-order valence-electron chi connectivity index (χ3n) is 3.96. The molecule has 1 aliphatic rings. The fraction of sp³-hybridized carbons (Fsp3) is 0.533. The molecule has 2 unspecified atom stereocenters. The maximum absolute atomic E-state index is 11.6. The first kappa shape index (κ1) is 18.3. The highest BCUT2D eigenvalue weighted by Gasteiger charge is 2.49. The zero-order valence-electron chi connectivity index (χ0n) is 14.4. The van der Waals surface area contributed by atoms with Crippen LogP contribution in [-0.4, -0.2) is 49.8 Å². The molecular formula is C15H18ClN5O5. The lowest BCUT2D eigenvalue weighted by atomic mass is 10.1. The van der Waals surface area contributed by atoms with Crippen LogP contribution in [0.15, 0.2) is 6.33 Å². The second kappa shape index (κ2) is 7.04. The minimum atomic E-state index is -0.881. The zero-order valence-corrected chi connectivity index (χ0v) is 15.1. The van der Waals surface area contributed by atoms with Crippen LogP contribution < -0.4 is 5.73 Å². The standard InChI is InChI=1S/C15H18ClN5O5/c1-4-8-10(24-6(2)22)11(25-7(3)23)14(26-8)21-5-18-9-12(16)19-15(17)20-13(9)21/h5,8,10-11,14H,4H2,1-3H3,(H2,17,19,20)/t8-,10-,11?,14?/m1/s1. The van der Waals surface area contributed by atoms with E-state index in [4.69, 9.17) is 31.5 Å². The van der Waals surface area contributed by atoms with Crippen LogP contribution in [0, 0.1) is 0 Å². The quantitative estimate of drug-likeness (QED) is 0.611. The Hall–Kier alpha value is -2.46. The van der Waals surface area contributed by atoms with Crippen molar-refractivity contribution >= 4 is 40.7 Å². The van der Waals surface area contributed by atoms with E-state index in [9.17, 15) is 9.59 Å². The third-order valence-corrected chi connectivity index (χ3v) is 4.23. The van der Waals surface area contributed by atoms with Gasteiger partial charge in [-0.05, 0) is 6.42 Å². The number of nitrogens with two attached hydrogens (primary N) is 1. The first-order valence-electron chi connectivity index (χ1n) is 7.97. The molecule has 3 heterocycles. The Balaban J connectivity index is 2.07. The van der Waals surface area contributed by atoms with E-state index in [1.165, 1.54) is 20.2 Å². The molecule has 3 rings (SSSR count). The number of esters is 2. The summed E-state index contributed by atoms with van der Waals surface area (Å²) >= 11 is 6.05. The lowest BCUT2D eigenvalue weighted by Gasteiger charge is -2.23. The van der Waals surface area contributed by atoms with Crippen LogP contribution in [0.4, 0.5) is 5.95 Å². The van der Waals surface area contributed by atoms with E-state index in [2.05, 4.69) is 15.0 Å². The normalized spacial score (nSPS) is 25.4. The summed E-state index contributed by atoms with van der Waals surface area (Å²) in [5, 5.41) is 0.0943. The maximum atomic E-state index is 11.6. The maximum Gasteiger partial charge on any atom is 0.303 e. The molecule has 11 heteroatoms. The molecule has 1 aliphatic heterocycles. The Kier molecular flexibility index (Phi) is 4.97. The van der Waals surface area contributed by atoms with Crippen LogP contribution in [0.2, 0.25) is 5.15 Å². The van der Waals surface area contributed by atoms with Gasteiger partial charge in [0.05, 0.1) is 6.33 Å². The van der Waals surface area contributed by atoms with Crippen molar-refractivity contribution in [3.63, 3.8) is 0 Å². The molecule has 0 radical (unpaired) electrons. The number of carbonyl (C=O) groups is 2. The van der Waals surface area contributed by atoms with Gasteiger partial charge in [0, 0.05) is 13.8 Å². The zero-order chi connectivity index (χ0) is 19.0. The molecule has 2 aromatic rings. The molecule has 26 heavy (non-hydrogen) atoms. The molecule has 1 saturated heterocycles. The van der Waals surface area contributed by atoms with Crippen molar-refractivity contribution < 1.29 is 23.8 Å². The molecule has 0 saturated carbocycles. The number of fused-ring (bicyclic) bond motifs is 1. The summed E-state index contributed by atoms with van der Waals surface area (Å²) in [5.41, 5.74) is 6.32. The molecule has 0 aliphatic carbocycles. The SMILES string of the molecule is CC[C@H]1OC(n2cnc3c(Cl)nc(N)nc32)C(OC(C)=O)[C@@H]1OC(C)=O. The van der Waals surface area contributed by atoms with E-state index in [1.54, 1.807) is 4.57 Å². The van der Waals surface area contributed by atoms with Crippen molar-refractivity contribution in [2.24, 2.45) is 0 Å². The molecule has 140 valence electrons. The van der Waals surface area contributed by atoms with Crippen molar-refractivity contribution in [2.45, 2.75) is 51.7 Å². The molecule has 0 aromatic carbocycles. The van der Waals surface area contributed by atoms with Gasteiger partial charge in [0.2, 0.25) is 5.95 Å². The van der Waals surface area contributed by atoms with Gasteiger partial charge in [0.25, 0.3) is 0 Å². The van der Waals surface area contributed by atoms with E-state index >= 15 is 0 Å². The minimum absolute atomic E-state index is 0.0325. The number of carbonyl (C=O) groups excluding carboxylic acids is 2. The summed E-state index contributed by atoms with van der Waals surface area (Å²) in [5.74, 6) is -1.07. The van der Waals surface area contributed by atoms with Gasteiger partial charge in [-0.1, -0.05) is 18.5 Å². The minimum Gasteiger partial charge on any atom is -0.456 e. The second-order valence-corrected chi connectivity index (χ2v) is 6.18. The molecule has 0 spiro atoms. The fourth-order valence-electron chi connectivity index (χ4n) is 3.00. The lowest BCUT2D eigenvalue weighted by molar-refractivity contribution is -0.165. The van der Waals surface area contributed by atoms with Crippen LogP contribution in [0.1, 0.15) is 33.4 Å². The number of aromatic nitrogens is 4. The number of imidazole rings is 1. The Bertz CT molecular complexity index is 856. The first-order chi connectivity index (χ1) is 12.3. The van der Waals surface area contributed by atoms with E-state index in [-0.39, 0.29) is 11.1 Å². The molecule has 4 atom stereocenters. The molecule has 2 N–H and O–H groups in total. The van der Waals surface area contributed by atoms with Gasteiger partial charge in [0.1, 0.15) is 11.6 Å². The molecule has 1 fully saturated rings. The number of ether oxygens (including phenoxy) is 3. The highest BCUT2D eigenvalue weighted by atomic mass is 35.5. The monoisotopic (exact) mass is 383 g/mol. The fourth-order valence-corrected chi connectivity index (χ4v) is 3.22. The number of hydrogen-bond acceptors (Lipinski definition) is 9. The van der Waals surface area contributed by atoms with Crippen LogP contribution in [0.25, 0.3) is 11.2 Å². The number of hydrogen-bond donors (Lipinski definition) is 1. The van der Waals surface area contributed by atoms with Gasteiger partial charge < -0.3 is 19.9 Å². The van der Waals surface area contributed by atoms with Crippen LogP contribution in [0.3, 0.4) is 0 Å². The smallest absolute Gasteiger partial charge is 0.303 e. The summed E-state index contributed by atoms with van der Waals surface area (Å²) in [6.07, 6.45) is -0.957. The van der Waals surface area contributed by atoms with Crippen LogP contribution in [0.5, 0.6) is 0 Å². The van der Waals surface area contributed by atoms with Crippen molar-refractivity contribution in [2.75, 3.05) is 5.73 Å². The van der Waals surface area contributed by atoms with Gasteiger partial charge in [-0.25, -0.2) is 4.98 Å². The Labute approximate surface area is 153 Å². The number of nitrogens with zero attached hydrogens (tertiary/aromatic N) is 4. The predicted molar refractivity (Wildman–Crippen MR) is 90.1 cm³/mol. The highest BCUT2D eigenvalue weighted by molar-refractivity contribution is 6.33. The largest absolute Gasteiger partial charge is 0.456 e. The van der Waals surface area contributed by atoms with Crippen molar-refractivity contribution in [1.29, 1.82) is 0 Å². The highest BCUT2D eigenvalue weighted by Crippen LogP contribution is 2.37. The molecule has 0 amide bonds. The third kappa shape index (κ3) is 3.29. The average Bonchev–Trinajstić information content (AvgIpc) is 3.09. The van der Waals surface area contributed by atoms with Gasteiger partial charge in [-0.3, -0.25) is 14.2 Å². The number of halogens is 1. The Morgan fingerprint density at radius 2 is 1.92 bits per heavy atom. The Morgan fingerprint density at radius 3 is 2.54 bits per heavy atom. The van der Waals surface area contributed by atoms with E-state index < -0.39 is 36.5 Å². The first-order valence-corrected chi connectivity index (χ1v) is 8.35. The summed E-state index contributed by atoms with van der Waals surface area (Å²) in [7, 11) is 0. The number of anilines is 1. The molecular weight excluding hydrogens is 366 g/mol. The summed E-state index contributed by atoms with van der Waals surface area (Å²) in [4.78, 5) is 35.3. The summed E-state index contributed by atoms with van der Waals surface area (Å²) in [6.45, 7) is 4.42. The average molecular weight is 384 g/mol. The van der Waals surface area contributed by atoms with Crippen molar-refractivity contribution in [3.8, 4) is 0 Å². The van der Waals surface area contributed by atoms with E-state index in [0.29, 0.717) is 17.6 Å². The van der Waals surface area contributed by atoms with Gasteiger partial charge in [-0.15, -0.1) is 0 Å². The summed E-state index contributed by atoms with van der Waals surface area (Å²) in [6, 6.07) is 0. The van der Waals surface area contributed by atoms with Crippen LogP contribution in [-0.2, 0) is 23.8 Å². The molecule has 2 aromatic heterocycles. The summed E-state index contributed by atoms with van der Waals surface area (Å²) < 4.78 is 18.3. The van der Waals surface area contributed by atoms with Crippen molar-refractivity contribution in [3.05, 3.63) is 11.5 Å². The van der Waals surface area contributed by atoms with Gasteiger partial charge >= 0.3 is 11.9 Å². The van der Waals surface area contributed by atoms with Gasteiger partial charge in [0.15, 0.2) is 29.2 Å². The van der Waals surface area contributed by atoms with E-state index in [0.717, 1.165) is 0 Å². The predicted octanol–water partition coefficient (Wildman–Crippen LogP) is 1.23. The van der Waals surface area contributed by atoms with Gasteiger partial charge in [-0.2, -0.15) is 9.97 Å². The lowest BCUT2D eigenvalue weighted by Crippen LogP contribution is -2.38. The van der Waals surface area contributed by atoms with Crippen LogP contribution >= 0.6 is 11.6 Å². The number of rotatable bonds is 4. The topological polar surface area (TPSA) is 131 Å². The second-order valence-electron chi connectivity index (χ2n) is 5.82. The van der Waals surface area contributed by atoms with Crippen molar-refractivity contribution in [1.82, 2.24) is 19.5 Å². The molecule has 0 bridgehead atoms. The number of nitrogen functional groups attached to an aromatic ring is 1. The van der Waals surface area contributed by atoms with E-state index in [1.807, 2.05) is 6.92 Å².